The van der Waals surface area contributed by atoms with Gasteiger partial charge < -0.3 is 19.5 Å². The summed E-state index contributed by atoms with van der Waals surface area (Å²) in [7, 11) is 7.62. The highest BCUT2D eigenvalue weighted by molar-refractivity contribution is 7.97. The molecule has 1 N–H and O–H groups in total. The Morgan fingerprint density at radius 2 is 2.09 bits per heavy atom. The molecule has 0 radical (unpaired) electrons. The molecule has 0 bridgehead atoms. The summed E-state index contributed by atoms with van der Waals surface area (Å²) in [6.07, 6.45) is 5.30. The molecule has 0 atom stereocenters. The largest absolute Gasteiger partial charge is 0.383 e. The second kappa shape index (κ2) is 13.6. The molecule has 2 aromatic rings. The zero-order valence-electron chi connectivity index (χ0n) is 20.4. The predicted molar refractivity (Wildman–Crippen MR) is 134 cm³/mol. The quantitative estimate of drug-likeness (QED) is 0.450. The Kier molecular flexibility index (Phi) is 11.2. The number of hydrogen-bond acceptors (Lipinski definition) is 7. The molecule has 178 valence electrons. The lowest BCUT2D eigenvalue weighted by atomic mass is 10.0. The van der Waals surface area contributed by atoms with E-state index in [-0.39, 0.29) is 0 Å². The maximum absolute atomic E-state index is 10.9. The third-order valence-electron chi connectivity index (χ3n) is 5.84. The number of ether oxygens (including phenoxy) is 1. The van der Waals surface area contributed by atoms with Crippen molar-refractivity contribution in [2.75, 3.05) is 52.3 Å². The van der Waals surface area contributed by atoms with Gasteiger partial charge in [0, 0.05) is 69.7 Å². The maximum Gasteiger partial charge on any atom is 0.166 e. The number of likely N-dealkylation sites (N-methyl/N-ethyl adjacent to an activating group) is 1. The first kappa shape index (κ1) is 26.4. The molecule has 0 aliphatic carbocycles. The highest BCUT2D eigenvalue weighted by Gasteiger charge is 2.19. The Bertz CT molecular complexity index is 834. The number of carbonyl (C=O) groups is 1. The highest BCUT2D eigenvalue weighted by Crippen LogP contribution is 2.31. The van der Waals surface area contributed by atoms with E-state index in [9.17, 15) is 4.79 Å². The molecule has 0 saturated carbocycles. The molecule has 0 spiro atoms. The first-order chi connectivity index (χ1) is 15.4. The van der Waals surface area contributed by atoms with Crippen LogP contribution in [-0.2, 0) is 18.3 Å². The average Bonchev–Trinajstić information content (AvgIpc) is 3.08. The van der Waals surface area contributed by atoms with Crippen LogP contribution in [0.4, 0.5) is 5.82 Å². The van der Waals surface area contributed by atoms with Crippen LogP contribution in [0.15, 0.2) is 29.3 Å². The third-order valence-corrected chi connectivity index (χ3v) is 7.08. The zero-order valence-corrected chi connectivity index (χ0v) is 21.2. The summed E-state index contributed by atoms with van der Waals surface area (Å²) in [4.78, 5) is 18.6. The van der Waals surface area contributed by atoms with E-state index >= 15 is 0 Å². The number of methoxy groups -OCH3 is 1. The number of anilines is 1. The molecule has 3 rings (SSSR count). The van der Waals surface area contributed by atoms with Crippen molar-refractivity contribution in [3.05, 3.63) is 41.3 Å². The van der Waals surface area contributed by atoms with Gasteiger partial charge >= 0.3 is 0 Å². The van der Waals surface area contributed by atoms with E-state index in [1.807, 2.05) is 44.0 Å². The molecule has 8 heteroatoms. The summed E-state index contributed by atoms with van der Waals surface area (Å²) >= 11 is 1.80. The fraction of sp³-hybridized carbons (Fsp3) is 0.583. The van der Waals surface area contributed by atoms with Crippen LogP contribution in [0.3, 0.4) is 0 Å². The van der Waals surface area contributed by atoms with Gasteiger partial charge in [0.15, 0.2) is 6.29 Å². The number of piperidine rings is 1. The van der Waals surface area contributed by atoms with E-state index in [1.165, 1.54) is 29.0 Å². The van der Waals surface area contributed by atoms with Gasteiger partial charge in [-0.15, -0.1) is 0 Å². The highest BCUT2D eigenvalue weighted by atomic mass is 32.2. The number of nitrogens with zero attached hydrogens (tertiary/aromatic N) is 4. The lowest BCUT2D eigenvalue weighted by Gasteiger charge is -2.28. The lowest BCUT2D eigenvalue weighted by Crippen LogP contribution is -2.27. The fourth-order valence-electron chi connectivity index (χ4n) is 3.55. The van der Waals surface area contributed by atoms with E-state index in [4.69, 9.17) is 4.74 Å². The smallest absolute Gasteiger partial charge is 0.166 e. The molecule has 0 aromatic carbocycles. The van der Waals surface area contributed by atoms with E-state index in [2.05, 4.69) is 39.4 Å². The fourth-order valence-corrected chi connectivity index (χ4v) is 4.67. The Labute approximate surface area is 197 Å². The number of aromatic nitrogens is 2. The van der Waals surface area contributed by atoms with Crippen LogP contribution in [0.25, 0.3) is 0 Å². The second-order valence-electron chi connectivity index (χ2n) is 8.33. The minimum atomic E-state index is 0.714. The van der Waals surface area contributed by atoms with Gasteiger partial charge in [-0.25, -0.2) is 9.29 Å². The topological polar surface area (TPSA) is 62.6 Å². The lowest BCUT2D eigenvalue weighted by molar-refractivity contribution is 0.111. The summed E-state index contributed by atoms with van der Waals surface area (Å²) in [5.41, 5.74) is 3.14. The molecule has 1 saturated heterocycles. The molecule has 7 nitrogen and oxygen atoms in total. The summed E-state index contributed by atoms with van der Waals surface area (Å²) in [6.45, 7) is 9.09. The van der Waals surface area contributed by atoms with E-state index in [0.29, 0.717) is 6.61 Å². The molecule has 1 aliphatic rings. The van der Waals surface area contributed by atoms with Crippen LogP contribution in [0.5, 0.6) is 0 Å². The van der Waals surface area contributed by atoms with Crippen molar-refractivity contribution in [1.29, 1.82) is 0 Å². The number of rotatable bonds is 9. The van der Waals surface area contributed by atoms with Crippen LogP contribution < -0.4 is 10.2 Å². The first-order valence-corrected chi connectivity index (χ1v) is 12.0. The molecule has 1 aliphatic heterocycles. The number of carbonyl (C=O) groups excluding carboxylic acids is 1. The van der Waals surface area contributed by atoms with Gasteiger partial charge in [0.1, 0.15) is 5.82 Å². The summed E-state index contributed by atoms with van der Waals surface area (Å²) in [6, 6.07) is 6.04. The molecular weight excluding hydrogens is 422 g/mol. The molecule has 3 heterocycles. The Hall–Kier alpha value is -1.87. The monoisotopic (exact) mass is 461 g/mol. The van der Waals surface area contributed by atoms with Gasteiger partial charge in [0.05, 0.1) is 12.3 Å². The van der Waals surface area contributed by atoms with Crippen LogP contribution in [-0.4, -0.2) is 67.6 Å². The van der Waals surface area contributed by atoms with E-state index in [1.54, 1.807) is 19.1 Å². The summed E-state index contributed by atoms with van der Waals surface area (Å²) < 4.78 is 9.42. The van der Waals surface area contributed by atoms with Gasteiger partial charge in [-0.3, -0.25) is 4.79 Å². The van der Waals surface area contributed by atoms with E-state index in [0.717, 1.165) is 49.9 Å². The zero-order chi connectivity index (χ0) is 23.5. The van der Waals surface area contributed by atoms with Crippen molar-refractivity contribution in [3.8, 4) is 0 Å². The van der Waals surface area contributed by atoms with Crippen molar-refractivity contribution in [2.24, 2.45) is 13.0 Å². The van der Waals surface area contributed by atoms with Crippen molar-refractivity contribution in [2.45, 2.75) is 38.1 Å². The predicted octanol–water partition coefficient (Wildman–Crippen LogP) is 3.77. The van der Waals surface area contributed by atoms with Gasteiger partial charge in [-0.1, -0.05) is 13.0 Å². The first-order valence-electron chi connectivity index (χ1n) is 11.2. The van der Waals surface area contributed by atoms with Gasteiger partial charge in [0.2, 0.25) is 0 Å². The van der Waals surface area contributed by atoms with Gasteiger partial charge in [-0.05, 0) is 56.8 Å². The molecule has 2 aromatic heterocycles. The van der Waals surface area contributed by atoms with Gasteiger partial charge in [-0.2, -0.15) is 0 Å². The Morgan fingerprint density at radius 3 is 2.69 bits per heavy atom. The molecule has 0 amide bonds. The normalized spacial score (nSPS) is 14.7. The van der Waals surface area contributed by atoms with Crippen molar-refractivity contribution in [1.82, 2.24) is 19.2 Å². The number of nitrogens with one attached hydrogen (secondary N) is 1. The van der Waals surface area contributed by atoms with Crippen LogP contribution >= 0.6 is 11.9 Å². The number of pyridine rings is 1. The van der Waals surface area contributed by atoms with Gasteiger partial charge in [0.25, 0.3) is 0 Å². The minimum absolute atomic E-state index is 0.714. The van der Waals surface area contributed by atoms with E-state index < -0.39 is 0 Å². The average molecular weight is 462 g/mol. The second-order valence-corrected chi connectivity index (χ2v) is 9.47. The van der Waals surface area contributed by atoms with Crippen LogP contribution in [0, 0.1) is 12.8 Å². The number of hydrogen-bond donors (Lipinski definition) is 1. The minimum Gasteiger partial charge on any atom is -0.383 e. The van der Waals surface area contributed by atoms with Crippen molar-refractivity contribution in [3.63, 3.8) is 0 Å². The van der Waals surface area contributed by atoms with Crippen LogP contribution in [0.1, 0.15) is 41.5 Å². The molecule has 32 heavy (non-hydrogen) atoms. The Balaban J connectivity index is 0.000000229. The summed E-state index contributed by atoms with van der Waals surface area (Å²) in [5, 5.41) is 3.14. The third kappa shape index (κ3) is 7.62. The molecule has 0 unspecified atom stereocenters. The summed E-state index contributed by atoms with van der Waals surface area (Å²) in [5.74, 6) is 1.87. The molecule has 1 fully saturated rings. The van der Waals surface area contributed by atoms with Crippen molar-refractivity contribution >= 4 is 24.1 Å². The Morgan fingerprint density at radius 1 is 1.38 bits per heavy atom. The SMILES string of the molecule is CNCc1cccnc1N(C)CCOC.Cc1c(SN2CCC(C)CC2)cc(C=O)n1C. The maximum atomic E-state index is 10.9. The number of aldehydes is 1. The van der Waals surface area contributed by atoms with Crippen LogP contribution in [0.2, 0.25) is 0 Å². The standard InChI is InChI=1S/C13H20N2OS.C11H19N3O/c1-10-4-6-15(7-5-10)17-13-8-12(9-16)14(3)11(13)2;1-12-9-10-5-4-6-13-11(10)14(2)7-8-15-3/h8-10H,4-7H2,1-3H3;4-6,12H,7-9H2,1-3H3. The molecular formula is C24H39N5O2S. The van der Waals surface area contributed by atoms with Crippen molar-refractivity contribution < 1.29 is 9.53 Å².